The first-order valence-electron chi connectivity index (χ1n) is 7.53. The lowest BCUT2D eigenvalue weighted by atomic mass is 9.93. The normalized spacial score (nSPS) is 21.6. The van der Waals surface area contributed by atoms with Crippen molar-refractivity contribution in [2.45, 2.75) is 58.5 Å². The quantitative estimate of drug-likeness (QED) is 0.911. The number of hydrogen-bond donors (Lipinski definition) is 1. The number of carboxylic acid groups (broad SMARTS) is 1. The average molecular weight is 275 g/mol. The van der Waals surface area contributed by atoms with E-state index in [2.05, 4.69) is 43.9 Å². The topological polar surface area (TPSA) is 40.5 Å². The maximum absolute atomic E-state index is 11.1. The van der Waals surface area contributed by atoms with Crippen LogP contribution in [0.1, 0.15) is 55.3 Å². The summed E-state index contributed by atoms with van der Waals surface area (Å²) < 4.78 is 0. The Kier molecular flexibility index (Phi) is 4.81. The van der Waals surface area contributed by atoms with E-state index < -0.39 is 5.97 Å². The van der Waals surface area contributed by atoms with Crippen LogP contribution >= 0.6 is 0 Å². The minimum absolute atomic E-state index is 0.178. The van der Waals surface area contributed by atoms with Crippen LogP contribution in [0.4, 0.5) is 0 Å². The van der Waals surface area contributed by atoms with Gasteiger partial charge in [0.25, 0.3) is 0 Å². The van der Waals surface area contributed by atoms with Crippen molar-refractivity contribution < 1.29 is 9.90 Å². The van der Waals surface area contributed by atoms with E-state index in [9.17, 15) is 4.79 Å². The number of hydrogen-bond acceptors (Lipinski definition) is 2. The van der Waals surface area contributed by atoms with Gasteiger partial charge < -0.3 is 5.11 Å². The highest BCUT2D eigenvalue weighted by Gasteiger charge is 2.29. The predicted molar refractivity (Wildman–Crippen MR) is 80.9 cm³/mol. The fraction of sp³-hybridized carbons (Fsp3) is 0.588. The number of benzene rings is 1. The van der Waals surface area contributed by atoms with E-state index in [0.717, 1.165) is 19.4 Å². The van der Waals surface area contributed by atoms with Crippen LogP contribution in [0.2, 0.25) is 0 Å². The van der Waals surface area contributed by atoms with Crippen LogP contribution in [0.3, 0.4) is 0 Å². The summed E-state index contributed by atoms with van der Waals surface area (Å²) >= 11 is 0. The molecule has 20 heavy (non-hydrogen) atoms. The minimum Gasteiger partial charge on any atom is -0.481 e. The maximum Gasteiger partial charge on any atom is 0.304 e. The molecule has 1 fully saturated rings. The van der Waals surface area contributed by atoms with Crippen molar-refractivity contribution in [3.63, 3.8) is 0 Å². The van der Waals surface area contributed by atoms with Gasteiger partial charge in [0, 0.05) is 12.1 Å². The molecule has 0 radical (unpaired) electrons. The fourth-order valence-electron chi connectivity index (χ4n) is 3.43. The van der Waals surface area contributed by atoms with Crippen LogP contribution in [0, 0.1) is 13.8 Å². The van der Waals surface area contributed by atoms with E-state index in [4.69, 9.17) is 5.11 Å². The standard InChI is InChI=1S/C17H25NO2/c1-12-7-8-16(13(2)10-12)14(3)18-9-5-4-6-15(18)11-17(19)20/h7-8,10,14-15H,4-6,9,11H2,1-3H3,(H,19,20). The van der Waals surface area contributed by atoms with Crippen LogP contribution in [0.5, 0.6) is 0 Å². The van der Waals surface area contributed by atoms with Crippen LogP contribution in [-0.2, 0) is 4.79 Å². The fourth-order valence-corrected chi connectivity index (χ4v) is 3.43. The molecule has 1 heterocycles. The number of nitrogens with zero attached hydrogens (tertiary/aromatic N) is 1. The molecule has 2 unspecified atom stereocenters. The summed E-state index contributed by atoms with van der Waals surface area (Å²) in [6.45, 7) is 7.47. The third-order valence-corrected chi connectivity index (χ3v) is 4.46. The van der Waals surface area contributed by atoms with Crippen molar-refractivity contribution in [1.82, 2.24) is 4.90 Å². The Morgan fingerprint density at radius 1 is 1.40 bits per heavy atom. The smallest absolute Gasteiger partial charge is 0.304 e. The number of aryl methyl sites for hydroxylation is 2. The monoisotopic (exact) mass is 275 g/mol. The molecule has 1 saturated heterocycles. The SMILES string of the molecule is Cc1ccc(C(C)N2CCCCC2CC(=O)O)c(C)c1. The first-order chi connectivity index (χ1) is 9.49. The van der Waals surface area contributed by atoms with Gasteiger partial charge in [-0.1, -0.05) is 30.2 Å². The lowest BCUT2D eigenvalue weighted by molar-refractivity contribution is -0.139. The Balaban J connectivity index is 2.20. The second-order valence-corrected chi connectivity index (χ2v) is 6.02. The summed E-state index contributed by atoms with van der Waals surface area (Å²) in [6.07, 6.45) is 3.58. The highest BCUT2D eigenvalue weighted by Crippen LogP contribution is 2.31. The van der Waals surface area contributed by atoms with E-state index in [-0.39, 0.29) is 12.5 Å². The Labute approximate surface area is 121 Å². The molecule has 3 nitrogen and oxygen atoms in total. The number of piperidine rings is 1. The van der Waals surface area contributed by atoms with Crippen molar-refractivity contribution in [2.75, 3.05) is 6.54 Å². The van der Waals surface area contributed by atoms with Gasteiger partial charge in [-0.05, 0) is 51.3 Å². The summed E-state index contributed by atoms with van der Waals surface area (Å²) in [5.41, 5.74) is 3.91. The van der Waals surface area contributed by atoms with Gasteiger partial charge in [0.15, 0.2) is 0 Å². The summed E-state index contributed by atoms with van der Waals surface area (Å²) in [6, 6.07) is 7.02. The summed E-state index contributed by atoms with van der Waals surface area (Å²) in [4.78, 5) is 13.4. The zero-order chi connectivity index (χ0) is 14.7. The van der Waals surface area contributed by atoms with Crippen LogP contribution in [0.25, 0.3) is 0 Å². The zero-order valence-electron chi connectivity index (χ0n) is 12.7. The summed E-state index contributed by atoms with van der Waals surface area (Å²) in [5, 5.41) is 9.10. The van der Waals surface area contributed by atoms with Gasteiger partial charge in [0.05, 0.1) is 6.42 Å². The van der Waals surface area contributed by atoms with Gasteiger partial charge >= 0.3 is 5.97 Å². The molecule has 1 aliphatic heterocycles. The van der Waals surface area contributed by atoms with Crippen molar-refractivity contribution in [1.29, 1.82) is 0 Å². The lowest BCUT2D eigenvalue weighted by Gasteiger charge is -2.40. The number of aliphatic carboxylic acids is 1. The molecule has 0 aliphatic carbocycles. The van der Waals surface area contributed by atoms with Crippen LogP contribution in [-0.4, -0.2) is 28.6 Å². The molecule has 110 valence electrons. The second kappa shape index (κ2) is 6.40. The molecule has 1 aliphatic rings. The molecule has 1 aromatic rings. The largest absolute Gasteiger partial charge is 0.481 e. The molecule has 0 spiro atoms. The number of rotatable bonds is 4. The van der Waals surface area contributed by atoms with Gasteiger partial charge in [-0.25, -0.2) is 0 Å². The average Bonchev–Trinajstić information content (AvgIpc) is 2.38. The molecule has 3 heteroatoms. The van der Waals surface area contributed by atoms with E-state index in [1.807, 2.05) is 0 Å². The molecule has 2 rings (SSSR count). The van der Waals surface area contributed by atoms with E-state index in [0.29, 0.717) is 6.04 Å². The van der Waals surface area contributed by atoms with Gasteiger partial charge in [0.1, 0.15) is 0 Å². The van der Waals surface area contributed by atoms with Crippen molar-refractivity contribution >= 4 is 5.97 Å². The van der Waals surface area contributed by atoms with Gasteiger partial charge in [0.2, 0.25) is 0 Å². The van der Waals surface area contributed by atoms with E-state index in [1.54, 1.807) is 0 Å². The molecular weight excluding hydrogens is 250 g/mol. The third-order valence-electron chi connectivity index (χ3n) is 4.46. The molecule has 0 bridgehead atoms. The van der Waals surface area contributed by atoms with Crippen molar-refractivity contribution in [3.05, 3.63) is 34.9 Å². The van der Waals surface area contributed by atoms with Gasteiger partial charge in [-0.15, -0.1) is 0 Å². The Bertz CT molecular complexity index is 484. The molecule has 1 N–H and O–H groups in total. The Hall–Kier alpha value is -1.35. The first kappa shape index (κ1) is 15.0. The number of carboxylic acids is 1. The zero-order valence-corrected chi connectivity index (χ0v) is 12.7. The molecular formula is C17H25NO2. The summed E-state index contributed by atoms with van der Waals surface area (Å²) in [7, 11) is 0. The highest BCUT2D eigenvalue weighted by molar-refractivity contribution is 5.67. The predicted octanol–water partition coefficient (Wildman–Crippen LogP) is 3.69. The second-order valence-electron chi connectivity index (χ2n) is 6.02. The van der Waals surface area contributed by atoms with Crippen molar-refractivity contribution in [2.24, 2.45) is 0 Å². The molecule has 2 atom stereocenters. The maximum atomic E-state index is 11.1. The van der Waals surface area contributed by atoms with E-state index >= 15 is 0 Å². The molecule has 1 aromatic carbocycles. The van der Waals surface area contributed by atoms with Crippen LogP contribution in [0.15, 0.2) is 18.2 Å². The minimum atomic E-state index is -0.685. The molecule has 0 saturated carbocycles. The van der Waals surface area contributed by atoms with Crippen molar-refractivity contribution in [3.8, 4) is 0 Å². The third kappa shape index (κ3) is 3.40. The molecule has 0 amide bonds. The Morgan fingerprint density at radius 2 is 2.15 bits per heavy atom. The number of carbonyl (C=O) groups is 1. The first-order valence-corrected chi connectivity index (χ1v) is 7.53. The Morgan fingerprint density at radius 3 is 2.80 bits per heavy atom. The number of likely N-dealkylation sites (tertiary alicyclic amines) is 1. The summed E-state index contributed by atoms with van der Waals surface area (Å²) in [5.74, 6) is -0.685. The van der Waals surface area contributed by atoms with Gasteiger partial charge in [-0.2, -0.15) is 0 Å². The highest BCUT2D eigenvalue weighted by atomic mass is 16.4. The molecule has 0 aromatic heterocycles. The van der Waals surface area contributed by atoms with E-state index in [1.165, 1.54) is 23.1 Å². The lowest BCUT2D eigenvalue weighted by Crippen LogP contribution is -2.42. The van der Waals surface area contributed by atoms with Crippen LogP contribution < -0.4 is 0 Å². The van der Waals surface area contributed by atoms with Gasteiger partial charge in [-0.3, -0.25) is 9.69 Å².